The van der Waals surface area contributed by atoms with Gasteiger partial charge >= 0.3 is 0 Å². The molecule has 0 saturated heterocycles. The Labute approximate surface area is 185 Å². The summed E-state index contributed by atoms with van der Waals surface area (Å²) in [6.07, 6.45) is 9.85. The summed E-state index contributed by atoms with van der Waals surface area (Å²) in [6, 6.07) is 12.0. The second kappa shape index (κ2) is 13.6. The number of aromatic nitrogens is 1. The summed E-state index contributed by atoms with van der Waals surface area (Å²) in [4.78, 5) is 16.2. The topological polar surface area (TPSA) is 51.2 Å². The van der Waals surface area contributed by atoms with E-state index >= 15 is 0 Å². The molecule has 0 aliphatic heterocycles. The van der Waals surface area contributed by atoms with Crippen LogP contribution in [-0.2, 0) is 4.79 Å². The van der Waals surface area contributed by atoms with Crippen LogP contribution < -0.4 is 10.1 Å². The van der Waals surface area contributed by atoms with E-state index in [1.54, 1.807) is 6.08 Å². The number of unbranched alkanes of at least 4 members (excludes halogenated alkanes) is 5. The summed E-state index contributed by atoms with van der Waals surface area (Å²) in [6.45, 7) is 6.66. The molecule has 1 N–H and O–H groups in total. The lowest BCUT2D eigenvalue weighted by Gasteiger charge is -2.15. The summed E-state index contributed by atoms with van der Waals surface area (Å²) in [5.74, 6) is 0.397. The number of nitrogens with one attached hydrogen (secondary N) is 1. The van der Waals surface area contributed by atoms with Crippen molar-refractivity contribution < 1.29 is 13.9 Å². The minimum atomic E-state index is -0.358. The van der Waals surface area contributed by atoms with Gasteiger partial charge in [-0.25, -0.2) is 9.37 Å². The number of para-hydroxylation sites is 1. The quantitative estimate of drug-likeness (QED) is 0.225. The van der Waals surface area contributed by atoms with Gasteiger partial charge in [-0.15, -0.1) is 0 Å². The van der Waals surface area contributed by atoms with Gasteiger partial charge in [-0.05, 0) is 56.4 Å². The van der Waals surface area contributed by atoms with E-state index in [1.165, 1.54) is 12.2 Å². The van der Waals surface area contributed by atoms with Crippen molar-refractivity contribution in [1.82, 2.24) is 10.3 Å². The lowest BCUT2D eigenvalue weighted by Crippen LogP contribution is -2.34. The first-order valence-electron chi connectivity index (χ1n) is 11.3. The third-order valence-electron chi connectivity index (χ3n) is 5.27. The van der Waals surface area contributed by atoms with Crippen molar-refractivity contribution in [2.75, 3.05) is 6.61 Å². The lowest BCUT2D eigenvalue weighted by atomic mass is 10.1. The van der Waals surface area contributed by atoms with Gasteiger partial charge in [0.1, 0.15) is 5.83 Å². The van der Waals surface area contributed by atoms with Crippen molar-refractivity contribution in [1.29, 1.82) is 0 Å². The minimum Gasteiger partial charge on any atom is -0.478 e. The van der Waals surface area contributed by atoms with Crippen LogP contribution in [0.5, 0.6) is 5.88 Å². The van der Waals surface area contributed by atoms with Gasteiger partial charge < -0.3 is 10.1 Å². The molecule has 0 aliphatic rings. The van der Waals surface area contributed by atoms with Crippen LogP contribution in [0.4, 0.5) is 4.39 Å². The fraction of sp³-hybridized carbons (Fsp3) is 0.462. The fourth-order valence-electron chi connectivity index (χ4n) is 2.98. The van der Waals surface area contributed by atoms with E-state index in [1.807, 2.05) is 57.2 Å². The zero-order valence-corrected chi connectivity index (χ0v) is 18.9. The molecule has 1 amide bonds. The smallest absolute Gasteiger partial charge is 0.244 e. The Kier molecular flexibility index (Phi) is 10.8. The first-order chi connectivity index (χ1) is 15.0. The van der Waals surface area contributed by atoms with Gasteiger partial charge in [0.15, 0.2) is 0 Å². The molecule has 5 heteroatoms. The number of carbonyl (C=O) groups excluding carboxylic acids is 1. The Hall–Kier alpha value is -2.69. The van der Waals surface area contributed by atoms with E-state index in [2.05, 4.69) is 10.3 Å². The predicted octanol–water partition coefficient (Wildman–Crippen LogP) is 6.52. The number of nitrogens with zero attached hydrogens (tertiary/aromatic N) is 1. The molecule has 4 nitrogen and oxygen atoms in total. The Balaban J connectivity index is 1.52. The summed E-state index contributed by atoms with van der Waals surface area (Å²) in [5, 5.41) is 3.93. The predicted molar refractivity (Wildman–Crippen MR) is 126 cm³/mol. The molecule has 2 aromatic rings. The van der Waals surface area contributed by atoms with Crippen molar-refractivity contribution in [3.8, 4) is 5.88 Å². The molecule has 0 radical (unpaired) electrons. The van der Waals surface area contributed by atoms with Gasteiger partial charge in [0.25, 0.3) is 0 Å². The molecule has 0 saturated carbocycles. The van der Waals surface area contributed by atoms with Crippen LogP contribution in [0, 0.1) is 5.92 Å². The highest BCUT2D eigenvalue weighted by Crippen LogP contribution is 2.16. The zero-order valence-electron chi connectivity index (χ0n) is 18.9. The van der Waals surface area contributed by atoms with Gasteiger partial charge in [0.05, 0.1) is 12.1 Å². The molecule has 168 valence electrons. The average molecular weight is 427 g/mol. The molecule has 0 spiro atoms. The van der Waals surface area contributed by atoms with Crippen molar-refractivity contribution >= 4 is 16.8 Å². The van der Waals surface area contributed by atoms with E-state index in [4.69, 9.17) is 4.74 Å². The summed E-state index contributed by atoms with van der Waals surface area (Å²) in [5.41, 5.74) is 0.945. The molecule has 0 bridgehead atoms. The summed E-state index contributed by atoms with van der Waals surface area (Å²) in [7, 11) is 0. The number of ether oxygens (including phenoxy) is 1. The molecule has 31 heavy (non-hydrogen) atoms. The second-order valence-electron chi connectivity index (χ2n) is 8.21. The van der Waals surface area contributed by atoms with Crippen LogP contribution in [0.15, 0.2) is 60.5 Å². The Morgan fingerprint density at radius 3 is 2.58 bits per heavy atom. The molecular weight excluding hydrogens is 391 g/mol. The zero-order chi connectivity index (χ0) is 22.5. The highest BCUT2D eigenvalue weighted by Gasteiger charge is 2.08. The van der Waals surface area contributed by atoms with Gasteiger partial charge in [-0.2, -0.15) is 0 Å². The SMILES string of the molecule is CC(C)C(C)NC(=O)C=CC(F)=CCCCCCCCOc1ccc2ccccc2n1. The van der Waals surface area contributed by atoms with Crippen LogP contribution in [0.2, 0.25) is 0 Å². The molecule has 1 unspecified atom stereocenters. The number of rotatable bonds is 13. The number of allylic oxidation sites excluding steroid dienone is 3. The normalized spacial score (nSPS) is 13.1. The maximum atomic E-state index is 13.8. The number of hydrogen-bond acceptors (Lipinski definition) is 3. The Bertz CT molecular complexity index is 877. The monoisotopic (exact) mass is 426 g/mol. The third kappa shape index (κ3) is 9.77. The van der Waals surface area contributed by atoms with E-state index in [9.17, 15) is 9.18 Å². The maximum Gasteiger partial charge on any atom is 0.244 e. The van der Waals surface area contributed by atoms with Crippen molar-refractivity contribution in [3.63, 3.8) is 0 Å². The van der Waals surface area contributed by atoms with E-state index in [-0.39, 0.29) is 17.8 Å². The van der Waals surface area contributed by atoms with Crippen molar-refractivity contribution in [2.45, 2.75) is 65.3 Å². The minimum absolute atomic E-state index is 0.0680. The molecule has 1 aromatic carbocycles. The van der Waals surface area contributed by atoms with Gasteiger partial charge in [-0.1, -0.05) is 51.3 Å². The molecule has 1 aromatic heterocycles. The third-order valence-corrected chi connectivity index (χ3v) is 5.27. The Morgan fingerprint density at radius 2 is 1.77 bits per heavy atom. The molecule has 0 fully saturated rings. The number of benzene rings is 1. The largest absolute Gasteiger partial charge is 0.478 e. The molecule has 1 atom stereocenters. The highest BCUT2D eigenvalue weighted by atomic mass is 19.1. The van der Waals surface area contributed by atoms with Crippen LogP contribution in [0.3, 0.4) is 0 Å². The molecular formula is C26H35FN2O2. The van der Waals surface area contributed by atoms with Crippen LogP contribution >= 0.6 is 0 Å². The number of fused-ring (bicyclic) bond motifs is 1. The van der Waals surface area contributed by atoms with Gasteiger partial charge in [0.2, 0.25) is 11.8 Å². The number of hydrogen-bond donors (Lipinski definition) is 1. The number of carbonyl (C=O) groups is 1. The molecule has 2 rings (SSSR count). The first kappa shape index (κ1) is 24.6. The number of halogens is 1. The van der Waals surface area contributed by atoms with Gasteiger partial charge in [-0.3, -0.25) is 4.79 Å². The van der Waals surface area contributed by atoms with Crippen LogP contribution in [0.1, 0.15) is 59.3 Å². The fourth-order valence-corrected chi connectivity index (χ4v) is 2.98. The molecule has 1 heterocycles. The average Bonchev–Trinajstić information content (AvgIpc) is 2.76. The first-order valence-corrected chi connectivity index (χ1v) is 11.3. The van der Waals surface area contributed by atoms with Crippen LogP contribution in [-0.4, -0.2) is 23.5 Å². The summed E-state index contributed by atoms with van der Waals surface area (Å²) < 4.78 is 19.5. The van der Waals surface area contributed by atoms with Crippen molar-refractivity contribution in [2.24, 2.45) is 5.92 Å². The van der Waals surface area contributed by atoms with E-state index in [0.717, 1.165) is 43.0 Å². The number of pyridine rings is 1. The standard InChI is InChI=1S/C26H35FN2O2/c1-20(2)21(3)28-25(30)17-16-23(27)13-8-6-4-5-7-11-19-31-26-18-15-22-12-9-10-14-24(22)29-26/h9-10,12-18,20-21H,4-8,11,19H2,1-3H3,(H,28,30). The second-order valence-corrected chi connectivity index (χ2v) is 8.21. The van der Waals surface area contributed by atoms with Crippen LogP contribution in [0.25, 0.3) is 10.9 Å². The van der Waals surface area contributed by atoms with Gasteiger partial charge in [0, 0.05) is 23.6 Å². The number of amides is 1. The van der Waals surface area contributed by atoms with E-state index < -0.39 is 0 Å². The van der Waals surface area contributed by atoms with E-state index in [0.29, 0.717) is 24.8 Å². The maximum absolute atomic E-state index is 13.8. The summed E-state index contributed by atoms with van der Waals surface area (Å²) >= 11 is 0. The van der Waals surface area contributed by atoms with Crippen molar-refractivity contribution in [3.05, 3.63) is 60.5 Å². The molecule has 0 aliphatic carbocycles. The Morgan fingerprint density at radius 1 is 1.03 bits per heavy atom. The highest BCUT2D eigenvalue weighted by molar-refractivity contribution is 5.88. The lowest BCUT2D eigenvalue weighted by molar-refractivity contribution is -0.117.